The van der Waals surface area contributed by atoms with Gasteiger partial charge in [-0.15, -0.1) is 0 Å². The standard InChI is InChI=1S/C17H28N2O/c1-3-18-17(14-20,16-8-6-5-7-9-16)13-19(4-2)12-15-10-11-15/h5-9,15,18,20H,3-4,10-14H2,1-2H3. The quantitative estimate of drug-likeness (QED) is 0.726. The van der Waals surface area contributed by atoms with Gasteiger partial charge in [-0.05, 0) is 37.4 Å². The molecule has 1 saturated carbocycles. The molecule has 2 rings (SSSR count). The molecule has 3 nitrogen and oxygen atoms in total. The van der Waals surface area contributed by atoms with Crippen LogP contribution in [0.15, 0.2) is 30.3 Å². The topological polar surface area (TPSA) is 35.5 Å². The largest absolute Gasteiger partial charge is 0.394 e. The Bertz CT molecular complexity index is 391. The van der Waals surface area contributed by atoms with Crippen molar-refractivity contribution >= 4 is 0 Å². The van der Waals surface area contributed by atoms with Crippen LogP contribution in [0.5, 0.6) is 0 Å². The number of hydrogen-bond acceptors (Lipinski definition) is 3. The molecule has 1 aliphatic rings. The molecule has 1 aliphatic carbocycles. The van der Waals surface area contributed by atoms with E-state index in [4.69, 9.17) is 0 Å². The number of benzene rings is 1. The second kappa shape index (κ2) is 7.21. The van der Waals surface area contributed by atoms with Crippen LogP contribution in [-0.4, -0.2) is 42.8 Å². The molecule has 0 aliphatic heterocycles. The number of aliphatic hydroxyl groups excluding tert-OH is 1. The molecule has 0 radical (unpaired) electrons. The zero-order valence-electron chi connectivity index (χ0n) is 12.8. The van der Waals surface area contributed by atoms with Crippen molar-refractivity contribution in [3.8, 4) is 0 Å². The molecule has 2 N–H and O–H groups in total. The smallest absolute Gasteiger partial charge is 0.0797 e. The summed E-state index contributed by atoms with van der Waals surface area (Å²) in [5.41, 5.74) is 0.833. The lowest BCUT2D eigenvalue weighted by molar-refractivity contribution is 0.107. The lowest BCUT2D eigenvalue weighted by atomic mass is 9.89. The van der Waals surface area contributed by atoms with Gasteiger partial charge in [-0.1, -0.05) is 44.2 Å². The fourth-order valence-electron chi connectivity index (χ4n) is 2.89. The summed E-state index contributed by atoms with van der Waals surface area (Å²) in [5, 5.41) is 13.6. The van der Waals surface area contributed by atoms with E-state index in [2.05, 4.69) is 36.2 Å². The Kier molecular flexibility index (Phi) is 5.58. The molecule has 0 amide bonds. The van der Waals surface area contributed by atoms with Crippen LogP contribution in [-0.2, 0) is 5.54 Å². The summed E-state index contributed by atoms with van der Waals surface area (Å²) >= 11 is 0. The summed E-state index contributed by atoms with van der Waals surface area (Å²) in [6, 6.07) is 10.4. The molecule has 1 atom stereocenters. The highest BCUT2D eigenvalue weighted by Gasteiger charge is 2.34. The molecule has 0 heterocycles. The molecule has 0 spiro atoms. The maximum absolute atomic E-state index is 10.1. The highest BCUT2D eigenvalue weighted by atomic mass is 16.3. The third kappa shape index (κ3) is 3.81. The Hall–Kier alpha value is -0.900. The van der Waals surface area contributed by atoms with E-state index in [-0.39, 0.29) is 12.1 Å². The SMILES string of the molecule is CCNC(CO)(CN(CC)CC1CC1)c1ccccc1. The van der Waals surface area contributed by atoms with Gasteiger partial charge in [0.2, 0.25) is 0 Å². The van der Waals surface area contributed by atoms with Crippen molar-refractivity contribution in [2.45, 2.75) is 32.2 Å². The van der Waals surface area contributed by atoms with E-state index < -0.39 is 0 Å². The highest BCUT2D eigenvalue weighted by molar-refractivity contribution is 5.25. The summed E-state index contributed by atoms with van der Waals surface area (Å²) < 4.78 is 0. The van der Waals surface area contributed by atoms with Gasteiger partial charge in [0.05, 0.1) is 12.1 Å². The van der Waals surface area contributed by atoms with E-state index in [0.29, 0.717) is 0 Å². The Morgan fingerprint density at radius 2 is 1.95 bits per heavy atom. The number of rotatable bonds is 9. The molecule has 112 valence electrons. The number of likely N-dealkylation sites (N-methyl/N-ethyl adjacent to an activating group) is 2. The van der Waals surface area contributed by atoms with Gasteiger partial charge in [-0.2, -0.15) is 0 Å². The van der Waals surface area contributed by atoms with E-state index in [1.165, 1.54) is 18.4 Å². The summed E-state index contributed by atoms with van der Waals surface area (Å²) in [5.74, 6) is 0.878. The molecule has 1 unspecified atom stereocenters. The second-order valence-electron chi connectivity index (χ2n) is 5.91. The average molecular weight is 276 g/mol. The van der Waals surface area contributed by atoms with Gasteiger partial charge in [0.1, 0.15) is 0 Å². The third-order valence-electron chi connectivity index (χ3n) is 4.27. The lowest BCUT2D eigenvalue weighted by Gasteiger charge is -2.38. The van der Waals surface area contributed by atoms with Crippen molar-refractivity contribution in [3.63, 3.8) is 0 Å². The van der Waals surface area contributed by atoms with Gasteiger partial charge in [0, 0.05) is 13.1 Å². The van der Waals surface area contributed by atoms with Crippen molar-refractivity contribution in [2.24, 2.45) is 5.92 Å². The third-order valence-corrected chi connectivity index (χ3v) is 4.27. The van der Waals surface area contributed by atoms with Crippen LogP contribution in [0.4, 0.5) is 0 Å². The van der Waals surface area contributed by atoms with Crippen LogP contribution in [0, 0.1) is 5.92 Å². The van der Waals surface area contributed by atoms with E-state index in [1.807, 2.05) is 18.2 Å². The second-order valence-corrected chi connectivity index (χ2v) is 5.91. The summed E-state index contributed by atoms with van der Waals surface area (Å²) in [4.78, 5) is 2.48. The van der Waals surface area contributed by atoms with Crippen molar-refractivity contribution in [1.82, 2.24) is 10.2 Å². The van der Waals surface area contributed by atoms with Gasteiger partial charge < -0.3 is 15.3 Å². The highest BCUT2D eigenvalue weighted by Crippen LogP contribution is 2.31. The number of nitrogens with zero attached hydrogens (tertiary/aromatic N) is 1. The zero-order valence-corrected chi connectivity index (χ0v) is 12.8. The van der Waals surface area contributed by atoms with Crippen molar-refractivity contribution < 1.29 is 5.11 Å². The molecule has 20 heavy (non-hydrogen) atoms. The monoisotopic (exact) mass is 276 g/mol. The average Bonchev–Trinajstić information content (AvgIpc) is 3.30. The summed E-state index contributed by atoms with van der Waals surface area (Å²) in [6.45, 7) is 8.37. The van der Waals surface area contributed by atoms with E-state index in [1.54, 1.807) is 0 Å². The Labute approximate surface area is 123 Å². The molecule has 0 bridgehead atoms. The summed E-state index contributed by atoms with van der Waals surface area (Å²) in [6.07, 6.45) is 2.74. The van der Waals surface area contributed by atoms with Gasteiger partial charge in [0.15, 0.2) is 0 Å². The van der Waals surface area contributed by atoms with Gasteiger partial charge >= 0.3 is 0 Å². The van der Waals surface area contributed by atoms with Gasteiger partial charge in [-0.25, -0.2) is 0 Å². The Morgan fingerprint density at radius 3 is 2.45 bits per heavy atom. The van der Waals surface area contributed by atoms with Crippen LogP contribution >= 0.6 is 0 Å². The molecule has 1 aromatic carbocycles. The zero-order chi connectivity index (χ0) is 14.4. The van der Waals surface area contributed by atoms with Crippen LogP contribution in [0.1, 0.15) is 32.3 Å². The first-order valence-corrected chi connectivity index (χ1v) is 7.88. The van der Waals surface area contributed by atoms with Crippen LogP contribution in [0.3, 0.4) is 0 Å². The first-order chi connectivity index (χ1) is 9.74. The van der Waals surface area contributed by atoms with Crippen LogP contribution in [0.25, 0.3) is 0 Å². The number of nitrogens with one attached hydrogen (secondary N) is 1. The van der Waals surface area contributed by atoms with Gasteiger partial charge in [-0.3, -0.25) is 0 Å². The van der Waals surface area contributed by atoms with Crippen molar-refractivity contribution in [3.05, 3.63) is 35.9 Å². The predicted molar refractivity (Wildman–Crippen MR) is 83.7 cm³/mol. The molecule has 3 heteroatoms. The molecular formula is C17H28N2O. The van der Waals surface area contributed by atoms with E-state index in [0.717, 1.165) is 32.1 Å². The molecule has 0 aromatic heterocycles. The van der Waals surface area contributed by atoms with Crippen LogP contribution in [0.2, 0.25) is 0 Å². The van der Waals surface area contributed by atoms with Crippen LogP contribution < -0.4 is 5.32 Å². The first kappa shape index (κ1) is 15.5. The minimum atomic E-state index is -0.346. The van der Waals surface area contributed by atoms with Gasteiger partial charge in [0.25, 0.3) is 0 Å². The van der Waals surface area contributed by atoms with Crippen molar-refractivity contribution in [1.29, 1.82) is 0 Å². The number of aliphatic hydroxyl groups is 1. The normalized spacial score (nSPS) is 18.2. The minimum Gasteiger partial charge on any atom is -0.394 e. The van der Waals surface area contributed by atoms with E-state index in [9.17, 15) is 5.11 Å². The molecule has 1 fully saturated rings. The Balaban J connectivity index is 2.16. The van der Waals surface area contributed by atoms with E-state index >= 15 is 0 Å². The fourth-order valence-corrected chi connectivity index (χ4v) is 2.89. The maximum Gasteiger partial charge on any atom is 0.0797 e. The molecular weight excluding hydrogens is 248 g/mol. The minimum absolute atomic E-state index is 0.131. The maximum atomic E-state index is 10.1. The number of hydrogen-bond donors (Lipinski definition) is 2. The van der Waals surface area contributed by atoms with Crippen molar-refractivity contribution in [2.75, 3.05) is 32.8 Å². The molecule has 0 saturated heterocycles. The Morgan fingerprint density at radius 1 is 1.25 bits per heavy atom. The first-order valence-electron chi connectivity index (χ1n) is 7.88. The lowest BCUT2D eigenvalue weighted by Crippen LogP contribution is -2.54. The molecule has 1 aromatic rings. The summed E-state index contributed by atoms with van der Waals surface area (Å²) in [7, 11) is 0. The fraction of sp³-hybridized carbons (Fsp3) is 0.647. The predicted octanol–water partition coefficient (Wildman–Crippen LogP) is 2.22.